The highest BCUT2D eigenvalue weighted by Crippen LogP contribution is 2.21. The first-order chi connectivity index (χ1) is 9.40. The van der Waals surface area contributed by atoms with Crippen LogP contribution < -0.4 is 0 Å². The summed E-state index contributed by atoms with van der Waals surface area (Å²) >= 11 is 0. The van der Waals surface area contributed by atoms with Crippen LogP contribution in [0.2, 0.25) is 0 Å². The van der Waals surface area contributed by atoms with E-state index >= 15 is 0 Å². The second kappa shape index (κ2) is 5.91. The Hall–Kier alpha value is -1.43. The van der Waals surface area contributed by atoms with Crippen molar-refractivity contribution in [3.8, 4) is 0 Å². The summed E-state index contributed by atoms with van der Waals surface area (Å²) in [4.78, 5) is 18.2. The third-order valence-electron chi connectivity index (χ3n) is 3.54. The summed E-state index contributed by atoms with van der Waals surface area (Å²) in [5.74, 6) is 1.16. The zero-order valence-corrected chi connectivity index (χ0v) is 12.7. The molecule has 1 aliphatic heterocycles. The van der Waals surface area contributed by atoms with Crippen LogP contribution in [0, 0.1) is 5.92 Å². The summed E-state index contributed by atoms with van der Waals surface area (Å²) in [6.07, 6.45) is 1.88. The molecule has 6 nitrogen and oxygen atoms in total. The Labute approximate surface area is 119 Å². The first-order valence-electron chi connectivity index (χ1n) is 7.03. The van der Waals surface area contributed by atoms with E-state index in [1.54, 1.807) is 0 Å². The van der Waals surface area contributed by atoms with Crippen molar-refractivity contribution in [2.45, 2.75) is 45.6 Å². The number of carbonyl (C=O) groups is 1. The summed E-state index contributed by atoms with van der Waals surface area (Å²) < 4.78 is 10.1. The minimum absolute atomic E-state index is 0.0428. The maximum absolute atomic E-state index is 11.6. The van der Waals surface area contributed by atoms with Gasteiger partial charge in [0.05, 0.1) is 19.6 Å². The summed E-state index contributed by atoms with van der Waals surface area (Å²) in [6.45, 7) is 8.39. The lowest BCUT2D eigenvalue weighted by Gasteiger charge is -2.29. The summed E-state index contributed by atoms with van der Waals surface area (Å²) in [7, 11) is 1.44. The van der Waals surface area contributed by atoms with E-state index in [1.165, 1.54) is 7.11 Å². The monoisotopic (exact) mass is 281 g/mol. The molecule has 6 heteroatoms. The van der Waals surface area contributed by atoms with Gasteiger partial charge in [-0.05, 0) is 19.4 Å². The van der Waals surface area contributed by atoms with Crippen molar-refractivity contribution in [3.05, 3.63) is 11.7 Å². The lowest BCUT2D eigenvalue weighted by molar-refractivity contribution is -0.147. The first-order valence-corrected chi connectivity index (χ1v) is 7.03. The van der Waals surface area contributed by atoms with Crippen molar-refractivity contribution in [2.24, 2.45) is 5.92 Å². The Balaban J connectivity index is 1.96. The van der Waals surface area contributed by atoms with Gasteiger partial charge in [-0.2, -0.15) is 4.98 Å². The van der Waals surface area contributed by atoms with Crippen LogP contribution in [0.1, 0.15) is 45.3 Å². The van der Waals surface area contributed by atoms with Crippen LogP contribution in [0.5, 0.6) is 0 Å². The van der Waals surface area contributed by atoms with Gasteiger partial charge in [-0.1, -0.05) is 25.9 Å². The molecule has 0 spiro atoms. The quantitative estimate of drug-likeness (QED) is 0.786. The molecule has 1 unspecified atom stereocenters. The minimum atomic E-state index is -0.129. The fourth-order valence-electron chi connectivity index (χ4n) is 2.37. The second-order valence-electron chi connectivity index (χ2n) is 6.36. The molecular formula is C14H23N3O3. The predicted octanol–water partition coefficient (Wildman–Crippen LogP) is 1.75. The third kappa shape index (κ3) is 3.56. The van der Waals surface area contributed by atoms with Gasteiger partial charge in [-0.25, -0.2) is 0 Å². The smallest absolute Gasteiger partial charge is 0.309 e. The van der Waals surface area contributed by atoms with Crippen LogP contribution in [0.25, 0.3) is 0 Å². The van der Waals surface area contributed by atoms with Crippen LogP contribution in [-0.2, 0) is 21.5 Å². The predicted molar refractivity (Wildman–Crippen MR) is 73.0 cm³/mol. The topological polar surface area (TPSA) is 68.5 Å². The van der Waals surface area contributed by atoms with Gasteiger partial charge < -0.3 is 9.26 Å². The summed E-state index contributed by atoms with van der Waals surface area (Å²) in [6, 6.07) is 0. The molecule has 1 aromatic heterocycles. The number of ether oxygens (including phenoxy) is 1. The molecule has 2 rings (SSSR count). The molecule has 0 amide bonds. The standard InChI is InChI=1S/C14H23N3O3/c1-14(2,3)13-15-11(20-16-13)9-17-7-5-6-10(8-17)12(18)19-4/h10H,5-9H2,1-4H3. The first kappa shape index (κ1) is 15.0. The van der Waals surface area contributed by atoms with Crippen LogP contribution in [0.15, 0.2) is 4.52 Å². The number of carbonyl (C=O) groups excluding carboxylic acids is 1. The van der Waals surface area contributed by atoms with E-state index < -0.39 is 0 Å². The fourth-order valence-corrected chi connectivity index (χ4v) is 2.37. The molecule has 0 aromatic carbocycles. The van der Waals surface area contributed by atoms with Crippen LogP contribution in [-0.4, -0.2) is 41.2 Å². The van der Waals surface area contributed by atoms with Gasteiger partial charge in [0.2, 0.25) is 5.89 Å². The number of methoxy groups -OCH3 is 1. The number of nitrogens with zero attached hydrogens (tertiary/aromatic N) is 3. The highest BCUT2D eigenvalue weighted by Gasteiger charge is 2.28. The van der Waals surface area contributed by atoms with E-state index in [0.29, 0.717) is 24.8 Å². The molecule has 1 fully saturated rings. The number of esters is 1. The molecule has 1 aromatic rings. The SMILES string of the molecule is COC(=O)C1CCCN(Cc2nc(C(C)(C)C)no2)C1. The van der Waals surface area contributed by atoms with Crippen LogP contribution in [0.3, 0.4) is 0 Å². The van der Waals surface area contributed by atoms with Crippen molar-refractivity contribution >= 4 is 5.97 Å². The van der Waals surface area contributed by atoms with Gasteiger partial charge in [0.15, 0.2) is 5.82 Å². The van der Waals surface area contributed by atoms with Crippen molar-refractivity contribution in [3.63, 3.8) is 0 Å². The van der Waals surface area contributed by atoms with Gasteiger partial charge in [-0.15, -0.1) is 0 Å². The Bertz CT molecular complexity index is 464. The average molecular weight is 281 g/mol. The van der Waals surface area contributed by atoms with E-state index in [1.807, 2.05) is 0 Å². The highest BCUT2D eigenvalue weighted by atomic mass is 16.5. The van der Waals surface area contributed by atoms with Crippen molar-refractivity contribution in [1.82, 2.24) is 15.0 Å². The van der Waals surface area contributed by atoms with E-state index in [2.05, 4.69) is 35.8 Å². The number of piperidine rings is 1. The Morgan fingerprint density at radius 3 is 2.85 bits per heavy atom. The maximum Gasteiger partial charge on any atom is 0.309 e. The van der Waals surface area contributed by atoms with Crippen molar-refractivity contribution in [2.75, 3.05) is 20.2 Å². The van der Waals surface area contributed by atoms with Crippen LogP contribution in [0.4, 0.5) is 0 Å². The molecule has 1 aliphatic rings. The minimum Gasteiger partial charge on any atom is -0.469 e. The average Bonchev–Trinajstić information content (AvgIpc) is 2.86. The lowest BCUT2D eigenvalue weighted by Crippen LogP contribution is -2.38. The van der Waals surface area contributed by atoms with E-state index in [9.17, 15) is 4.79 Å². The fraction of sp³-hybridized carbons (Fsp3) is 0.786. The maximum atomic E-state index is 11.6. The largest absolute Gasteiger partial charge is 0.469 e. The molecule has 0 radical (unpaired) electrons. The lowest BCUT2D eigenvalue weighted by atomic mass is 9.96. The summed E-state index contributed by atoms with van der Waals surface area (Å²) in [5.41, 5.74) is -0.113. The molecule has 20 heavy (non-hydrogen) atoms. The van der Waals surface area contributed by atoms with Crippen LogP contribution >= 0.6 is 0 Å². The zero-order chi connectivity index (χ0) is 14.8. The number of hydrogen-bond donors (Lipinski definition) is 0. The van der Waals surface area contributed by atoms with E-state index in [4.69, 9.17) is 9.26 Å². The van der Waals surface area contributed by atoms with Crippen molar-refractivity contribution < 1.29 is 14.1 Å². The summed E-state index contributed by atoms with van der Waals surface area (Å²) in [5, 5.41) is 4.02. The number of likely N-dealkylation sites (tertiary alicyclic amines) is 1. The van der Waals surface area contributed by atoms with E-state index in [0.717, 1.165) is 19.4 Å². The molecule has 2 heterocycles. The van der Waals surface area contributed by atoms with E-state index in [-0.39, 0.29) is 17.3 Å². The van der Waals surface area contributed by atoms with Crippen molar-refractivity contribution in [1.29, 1.82) is 0 Å². The Morgan fingerprint density at radius 2 is 2.25 bits per heavy atom. The molecule has 1 atom stereocenters. The molecule has 0 aliphatic carbocycles. The third-order valence-corrected chi connectivity index (χ3v) is 3.54. The number of rotatable bonds is 3. The molecule has 0 bridgehead atoms. The van der Waals surface area contributed by atoms with Gasteiger partial charge in [-0.3, -0.25) is 9.69 Å². The molecular weight excluding hydrogens is 258 g/mol. The van der Waals surface area contributed by atoms with Gasteiger partial charge >= 0.3 is 5.97 Å². The van der Waals surface area contributed by atoms with Gasteiger partial charge in [0.25, 0.3) is 0 Å². The molecule has 0 saturated carbocycles. The molecule has 112 valence electrons. The van der Waals surface area contributed by atoms with Gasteiger partial charge in [0, 0.05) is 12.0 Å². The number of hydrogen-bond acceptors (Lipinski definition) is 6. The normalized spacial score (nSPS) is 20.9. The molecule has 1 saturated heterocycles. The Kier molecular flexibility index (Phi) is 4.42. The second-order valence-corrected chi connectivity index (χ2v) is 6.36. The molecule has 0 N–H and O–H groups in total. The zero-order valence-electron chi connectivity index (χ0n) is 12.7. The highest BCUT2D eigenvalue weighted by molar-refractivity contribution is 5.72. The van der Waals surface area contributed by atoms with Gasteiger partial charge in [0.1, 0.15) is 0 Å². The number of aromatic nitrogens is 2. The Morgan fingerprint density at radius 1 is 1.50 bits per heavy atom.